The molecule has 0 aromatic heterocycles. The van der Waals surface area contributed by atoms with E-state index in [4.69, 9.17) is 4.74 Å². The molecule has 1 fully saturated rings. The maximum absolute atomic E-state index is 10.3. The Morgan fingerprint density at radius 3 is 2.67 bits per heavy atom. The summed E-state index contributed by atoms with van der Waals surface area (Å²) in [7, 11) is 0. The van der Waals surface area contributed by atoms with Gasteiger partial charge < -0.3 is 9.84 Å². The highest BCUT2D eigenvalue weighted by Crippen LogP contribution is 2.27. The summed E-state index contributed by atoms with van der Waals surface area (Å²) in [5.41, 5.74) is 0.965. The van der Waals surface area contributed by atoms with Crippen molar-refractivity contribution in [2.75, 3.05) is 6.61 Å². The summed E-state index contributed by atoms with van der Waals surface area (Å²) in [5, 5.41) is 12.5. The molecule has 0 heterocycles. The van der Waals surface area contributed by atoms with Crippen molar-refractivity contribution in [3.05, 3.63) is 48.0 Å². The Balaban J connectivity index is 1.79. The quantitative estimate of drug-likeness (QED) is 0.890. The standard InChI is InChI=1S/C16H18O2/c17-16(11-18-13-7-4-8-13)15-10-3-6-12-5-1-2-9-14(12)15/h1-3,5-6,9-10,13,16-17H,4,7-8,11H2. The molecule has 0 saturated heterocycles. The van der Waals surface area contributed by atoms with Crippen LogP contribution in [0.2, 0.25) is 0 Å². The van der Waals surface area contributed by atoms with E-state index < -0.39 is 6.10 Å². The third-order valence-corrected chi connectivity index (χ3v) is 3.72. The molecular formula is C16H18O2. The molecule has 0 spiro atoms. The summed E-state index contributed by atoms with van der Waals surface area (Å²) in [5.74, 6) is 0. The van der Waals surface area contributed by atoms with Gasteiger partial charge in [0.15, 0.2) is 0 Å². The lowest BCUT2D eigenvalue weighted by molar-refractivity contribution is -0.0423. The second-order valence-corrected chi connectivity index (χ2v) is 4.97. The molecule has 2 nitrogen and oxygen atoms in total. The third kappa shape index (κ3) is 2.26. The summed E-state index contributed by atoms with van der Waals surface area (Å²) in [6, 6.07) is 14.2. The minimum absolute atomic E-state index is 0.370. The van der Waals surface area contributed by atoms with E-state index in [1.165, 1.54) is 6.42 Å². The van der Waals surface area contributed by atoms with Gasteiger partial charge in [-0.25, -0.2) is 0 Å². The number of hydrogen-bond donors (Lipinski definition) is 1. The number of ether oxygens (including phenoxy) is 1. The smallest absolute Gasteiger partial charge is 0.103 e. The zero-order valence-corrected chi connectivity index (χ0v) is 10.4. The Hall–Kier alpha value is -1.38. The molecule has 3 rings (SSSR count). The molecule has 0 amide bonds. The fraction of sp³-hybridized carbons (Fsp3) is 0.375. The van der Waals surface area contributed by atoms with Gasteiger partial charge in [0, 0.05) is 0 Å². The minimum atomic E-state index is -0.531. The van der Waals surface area contributed by atoms with Gasteiger partial charge in [-0.15, -0.1) is 0 Å². The molecule has 1 unspecified atom stereocenters. The molecule has 2 aromatic rings. The molecule has 0 bridgehead atoms. The van der Waals surface area contributed by atoms with Gasteiger partial charge >= 0.3 is 0 Å². The highest BCUT2D eigenvalue weighted by atomic mass is 16.5. The van der Waals surface area contributed by atoms with Crippen molar-refractivity contribution >= 4 is 10.8 Å². The van der Waals surface area contributed by atoms with Gasteiger partial charge in [-0.3, -0.25) is 0 Å². The number of aliphatic hydroxyl groups excluding tert-OH is 1. The first-order valence-corrected chi connectivity index (χ1v) is 6.62. The van der Waals surface area contributed by atoms with Crippen molar-refractivity contribution in [2.24, 2.45) is 0 Å². The Bertz CT molecular complexity index is 526. The van der Waals surface area contributed by atoms with Crippen molar-refractivity contribution in [3.8, 4) is 0 Å². The van der Waals surface area contributed by atoms with Crippen LogP contribution in [0.1, 0.15) is 30.9 Å². The van der Waals surface area contributed by atoms with Crippen LogP contribution in [-0.2, 0) is 4.74 Å². The Morgan fingerprint density at radius 2 is 1.89 bits per heavy atom. The average molecular weight is 242 g/mol. The first-order chi connectivity index (χ1) is 8.84. The van der Waals surface area contributed by atoms with Crippen LogP contribution >= 0.6 is 0 Å². The summed E-state index contributed by atoms with van der Waals surface area (Å²) < 4.78 is 5.69. The molecule has 1 aliphatic carbocycles. The van der Waals surface area contributed by atoms with Crippen LogP contribution in [0, 0.1) is 0 Å². The lowest BCUT2D eigenvalue weighted by Gasteiger charge is -2.27. The van der Waals surface area contributed by atoms with E-state index in [2.05, 4.69) is 18.2 Å². The van der Waals surface area contributed by atoms with Gasteiger partial charge in [-0.05, 0) is 35.6 Å². The molecular weight excluding hydrogens is 224 g/mol. The molecule has 1 atom stereocenters. The number of benzene rings is 2. The normalized spacial score (nSPS) is 17.6. The number of fused-ring (bicyclic) bond motifs is 1. The summed E-state index contributed by atoms with van der Waals surface area (Å²) in [4.78, 5) is 0. The van der Waals surface area contributed by atoms with E-state index in [1.807, 2.05) is 24.3 Å². The Kier molecular flexibility index (Phi) is 3.31. The van der Waals surface area contributed by atoms with Crippen LogP contribution in [0.3, 0.4) is 0 Å². The molecule has 0 aliphatic heterocycles. The maximum Gasteiger partial charge on any atom is 0.103 e. The molecule has 2 aromatic carbocycles. The lowest BCUT2D eigenvalue weighted by atomic mass is 9.96. The maximum atomic E-state index is 10.3. The van der Waals surface area contributed by atoms with Gasteiger partial charge in [0.2, 0.25) is 0 Å². The molecule has 0 radical (unpaired) electrons. The highest BCUT2D eigenvalue weighted by molar-refractivity contribution is 5.85. The van der Waals surface area contributed by atoms with Crippen molar-refractivity contribution < 1.29 is 9.84 Å². The van der Waals surface area contributed by atoms with Crippen molar-refractivity contribution in [1.29, 1.82) is 0 Å². The predicted octanol–water partition coefficient (Wildman–Crippen LogP) is 3.44. The molecule has 1 N–H and O–H groups in total. The van der Waals surface area contributed by atoms with E-state index in [-0.39, 0.29) is 0 Å². The van der Waals surface area contributed by atoms with Crippen LogP contribution in [0.4, 0.5) is 0 Å². The molecule has 18 heavy (non-hydrogen) atoms. The average Bonchev–Trinajstić information content (AvgIpc) is 2.36. The van der Waals surface area contributed by atoms with E-state index in [0.29, 0.717) is 12.7 Å². The zero-order valence-electron chi connectivity index (χ0n) is 10.4. The monoisotopic (exact) mass is 242 g/mol. The summed E-state index contributed by atoms with van der Waals surface area (Å²) in [6.07, 6.45) is 3.38. The largest absolute Gasteiger partial charge is 0.386 e. The van der Waals surface area contributed by atoms with Gasteiger partial charge in [0.25, 0.3) is 0 Å². The van der Waals surface area contributed by atoms with E-state index in [0.717, 1.165) is 29.2 Å². The fourth-order valence-electron chi connectivity index (χ4n) is 2.40. The van der Waals surface area contributed by atoms with Crippen LogP contribution in [0.5, 0.6) is 0 Å². The number of aliphatic hydroxyl groups is 1. The SMILES string of the molecule is OC(COC1CCC1)c1cccc2ccccc12. The van der Waals surface area contributed by atoms with Crippen molar-refractivity contribution in [1.82, 2.24) is 0 Å². The predicted molar refractivity (Wildman–Crippen MR) is 72.5 cm³/mol. The van der Waals surface area contributed by atoms with Gasteiger partial charge in [0.1, 0.15) is 6.10 Å². The van der Waals surface area contributed by atoms with Crippen LogP contribution in [0.25, 0.3) is 10.8 Å². The Labute approximate surface area is 107 Å². The Morgan fingerprint density at radius 1 is 1.11 bits per heavy atom. The topological polar surface area (TPSA) is 29.5 Å². The summed E-state index contributed by atoms with van der Waals surface area (Å²) >= 11 is 0. The van der Waals surface area contributed by atoms with Crippen molar-refractivity contribution in [2.45, 2.75) is 31.5 Å². The van der Waals surface area contributed by atoms with Crippen LogP contribution < -0.4 is 0 Å². The fourth-order valence-corrected chi connectivity index (χ4v) is 2.40. The van der Waals surface area contributed by atoms with Gasteiger partial charge in [0.05, 0.1) is 12.7 Å². The van der Waals surface area contributed by atoms with E-state index >= 15 is 0 Å². The lowest BCUT2D eigenvalue weighted by Crippen LogP contribution is -2.24. The zero-order chi connectivity index (χ0) is 12.4. The number of hydrogen-bond acceptors (Lipinski definition) is 2. The summed E-state index contributed by atoms with van der Waals surface area (Å²) in [6.45, 7) is 0.401. The van der Waals surface area contributed by atoms with Crippen LogP contribution in [-0.4, -0.2) is 17.8 Å². The number of rotatable bonds is 4. The van der Waals surface area contributed by atoms with E-state index in [9.17, 15) is 5.11 Å². The first-order valence-electron chi connectivity index (χ1n) is 6.62. The second-order valence-electron chi connectivity index (χ2n) is 4.97. The van der Waals surface area contributed by atoms with E-state index in [1.54, 1.807) is 0 Å². The minimum Gasteiger partial charge on any atom is -0.386 e. The first kappa shape index (κ1) is 11.7. The molecule has 94 valence electrons. The van der Waals surface area contributed by atoms with Gasteiger partial charge in [-0.2, -0.15) is 0 Å². The molecule has 1 aliphatic rings. The molecule has 2 heteroatoms. The van der Waals surface area contributed by atoms with Crippen molar-refractivity contribution in [3.63, 3.8) is 0 Å². The highest BCUT2D eigenvalue weighted by Gasteiger charge is 2.20. The molecule has 1 saturated carbocycles. The second kappa shape index (κ2) is 5.09. The van der Waals surface area contributed by atoms with Crippen LogP contribution in [0.15, 0.2) is 42.5 Å². The van der Waals surface area contributed by atoms with Gasteiger partial charge in [-0.1, -0.05) is 42.5 Å². The third-order valence-electron chi connectivity index (χ3n) is 3.72.